The van der Waals surface area contributed by atoms with Gasteiger partial charge in [-0.3, -0.25) is 4.79 Å². The molecule has 3 atom stereocenters. The number of nitrogens with one attached hydrogen (secondary N) is 1. The fourth-order valence-electron chi connectivity index (χ4n) is 2.35. The van der Waals surface area contributed by atoms with Gasteiger partial charge < -0.3 is 11.1 Å². The third-order valence-corrected chi connectivity index (χ3v) is 3.93. The van der Waals surface area contributed by atoms with E-state index in [0.29, 0.717) is 12.0 Å². The Balaban J connectivity index is 2.37. The lowest BCUT2D eigenvalue weighted by atomic mass is 9.84. The molecule has 3 N–H and O–H groups in total. The summed E-state index contributed by atoms with van der Waals surface area (Å²) in [5, 5.41) is 3.11. The van der Waals surface area contributed by atoms with Crippen molar-refractivity contribution in [2.24, 2.45) is 17.6 Å². The molecule has 3 nitrogen and oxygen atoms in total. The van der Waals surface area contributed by atoms with Crippen LogP contribution in [0.4, 0.5) is 0 Å². The van der Waals surface area contributed by atoms with Crippen molar-refractivity contribution < 1.29 is 4.79 Å². The number of rotatable bonds is 4. The monoisotopic (exact) mass is 226 g/mol. The summed E-state index contributed by atoms with van der Waals surface area (Å²) in [6, 6.07) is 0.229. The summed E-state index contributed by atoms with van der Waals surface area (Å²) in [6.45, 7) is 5.91. The van der Waals surface area contributed by atoms with Crippen molar-refractivity contribution in [1.82, 2.24) is 5.32 Å². The molecule has 0 spiro atoms. The quantitative estimate of drug-likeness (QED) is 0.771. The average molecular weight is 226 g/mol. The largest absolute Gasteiger partial charge is 0.353 e. The molecule has 3 unspecified atom stereocenters. The minimum atomic E-state index is -0.0916. The van der Waals surface area contributed by atoms with Crippen LogP contribution in [0.25, 0.3) is 0 Å². The fraction of sp³-hybridized carbons (Fsp3) is 0.923. The van der Waals surface area contributed by atoms with Crippen LogP contribution in [0.1, 0.15) is 52.9 Å². The van der Waals surface area contributed by atoms with Gasteiger partial charge in [-0.15, -0.1) is 0 Å². The summed E-state index contributed by atoms with van der Waals surface area (Å²) in [5.74, 6) is 0.678. The first kappa shape index (κ1) is 13.5. The molecule has 3 heteroatoms. The van der Waals surface area contributed by atoms with Gasteiger partial charge in [0.2, 0.25) is 5.91 Å². The Morgan fingerprint density at radius 3 is 2.25 bits per heavy atom. The van der Waals surface area contributed by atoms with Crippen molar-refractivity contribution in [2.75, 3.05) is 0 Å². The highest BCUT2D eigenvalue weighted by Gasteiger charge is 2.24. The smallest absolute Gasteiger partial charge is 0.224 e. The topological polar surface area (TPSA) is 55.1 Å². The number of hydrogen-bond acceptors (Lipinski definition) is 2. The van der Waals surface area contributed by atoms with E-state index in [1.807, 2.05) is 13.8 Å². The van der Waals surface area contributed by atoms with Crippen molar-refractivity contribution >= 4 is 5.91 Å². The Labute approximate surface area is 99.2 Å². The molecule has 0 aromatic rings. The molecule has 0 saturated heterocycles. The number of hydrogen-bond donors (Lipinski definition) is 2. The molecule has 0 aliphatic heterocycles. The number of nitrogens with two attached hydrogens (primary N) is 1. The van der Waals surface area contributed by atoms with Crippen LogP contribution in [0, 0.1) is 11.8 Å². The van der Waals surface area contributed by atoms with E-state index in [-0.39, 0.29) is 17.9 Å². The maximum atomic E-state index is 11.8. The van der Waals surface area contributed by atoms with Gasteiger partial charge in [0.15, 0.2) is 0 Å². The van der Waals surface area contributed by atoms with E-state index >= 15 is 0 Å². The molecule has 1 amide bonds. The summed E-state index contributed by atoms with van der Waals surface area (Å²) < 4.78 is 0. The first-order valence-corrected chi connectivity index (χ1v) is 6.58. The normalized spacial score (nSPS) is 23.5. The Morgan fingerprint density at radius 2 is 1.75 bits per heavy atom. The summed E-state index contributed by atoms with van der Waals surface area (Å²) >= 11 is 0. The molecule has 1 aliphatic carbocycles. The van der Waals surface area contributed by atoms with E-state index in [1.54, 1.807) is 0 Å². The summed E-state index contributed by atoms with van der Waals surface area (Å²) in [5.41, 5.74) is 5.73. The molecule has 16 heavy (non-hydrogen) atoms. The Morgan fingerprint density at radius 1 is 1.19 bits per heavy atom. The Bertz CT molecular complexity index is 222. The van der Waals surface area contributed by atoms with Gasteiger partial charge in [0, 0.05) is 18.0 Å². The van der Waals surface area contributed by atoms with Gasteiger partial charge in [0.1, 0.15) is 0 Å². The SMILES string of the molecule is CC(N)C(C)C(=O)NC(C)C1CCCCC1. The molecule has 0 radical (unpaired) electrons. The standard InChI is InChI=1S/C13H26N2O/c1-9(10(2)14)13(16)15-11(3)12-7-5-4-6-8-12/h9-12H,4-8,14H2,1-3H3,(H,15,16). The van der Waals surface area contributed by atoms with Crippen molar-refractivity contribution in [1.29, 1.82) is 0 Å². The predicted molar refractivity (Wildman–Crippen MR) is 67.0 cm³/mol. The van der Waals surface area contributed by atoms with Crippen molar-refractivity contribution in [3.63, 3.8) is 0 Å². The highest BCUT2D eigenvalue weighted by molar-refractivity contribution is 5.79. The third kappa shape index (κ3) is 3.78. The molecule has 94 valence electrons. The fourth-order valence-corrected chi connectivity index (χ4v) is 2.35. The molecule has 1 saturated carbocycles. The van der Waals surface area contributed by atoms with E-state index in [9.17, 15) is 4.79 Å². The van der Waals surface area contributed by atoms with Crippen molar-refractivity contribution in [3.8, 4) is 0 Å². The van der Waals surface area contributed by atoms with Gasteiger partial charge in [0.25, 0.3) is 0 Å². The number of amides is 1. The first-order chi connectivity index (χ1) is 7.52. The minimum Gasteiger partial charge on any atom is -0.353 e. The lowest BCUT2D eigenvalue weighted by molar-refractivity contribution is -0.126. The third-order valence-electron chi connectivity index (χ3n) is 3.93. The molecular weight excluding hydrogens is 200 g/mol. The van der Waals surface area contributed by atoms with Crippen LogP contribution >= 0.6 is 0 Å². The van der Waals surface area contributed by atoms with Crippen LogP contribution in [-0.2, 0) is 4.79 Å². The van der Waals surface area contributed by atoms with Gasteiger partial charge in [-0.2, -0.15) is 0 Å². The van der Waals surface area contributed by atoms with Crippen LogP contribution in [0.2, 0.25) is 0 Å². The van der Waals surface area contributed by atoms with Crippen LogP contribution in [0.5, 0.6) is 0 Å². The second kappa shape index (κ2) is 6.24. The van der Waals surface area contributed by atoms with E-state index < -0.39 is 0 Å². The zero-order chi connectivity index (χ0) is 12.1. The van der Waals surface area contributed by atoms with Crippen molar-refractivity contribution in [2.45, 2.75) is 65.0 Å². The first-order valence-electron chi connectivity index (χ1n) is 6.58. The second-order valence-corrected chi connectivity index (χ2v) is 5.34. The number of carbonyl (C=O) groups is 1. The second-order valence-electron chi connectivity index (χ2n) is 5.34. The molecular formula is C13H26N2O. The molecule has 0 aromatic heterocycles. The molecule has 1 rings (SSSR count). The van der Waals surface area contributed by atoms with Crippen LogP contribution in [0.3, 0.4) is 0 Å². The van der Waals surface area contributed by atoms with Gasteiger partial charge in [0.05, 0.1) is 0 Å². The summed E-state index contributed by atoms with van der Waals surface area (Å²) in [7, 11) is 0. The molecule has 0 bridgehead atoms. The Kier molecular flexibility index (Phi) is 5.26. The predicted octanol–water partition coefficient (Wildman–Crippen LogP) is 2.05. The van der Waals surface area contributed by atoms with Gasteiger partial charge in [-0.1, -0.05) is 26.2 Å². The molecule has 0 heterocycles. The Hall–Kier alpha value is -0.570. The maximum Gasteiger partial charge on any atom is 0.224 e. The van der Waals surface area contributed by atoms with E-state index in [1.165, 1.54) is 32.1 Å². The zero-order valence-corrected chi connectivity index (χ0v) is 10.8. The molecule has 1 aliphatic rings. The molecule has 0 aromatic carbocycles. The van der Waals surface area contributed by atoms with Gasteiger partial charge >= 0.3 is 0 Å². The molecule has 1 fully saturated rings. The van der Waals surface area contributed by atoms with Crippen LogP contribution in [0.15, 0.2) is 0 Å². The number of carbonyl (C=O) groups excluding carboxylic acids is 1. The van der Waals surface area contributed by atoms with E-state index in [2.05, 4.69) is 12.2 Å². The van der Waals surface area contributed by atoms with Crippen LogP contribution in [-0.4, -0.2) is 18.0 Å². The lowest BCUT2D eigenvalue weighted by Crippen LogP contribution is -2.45. The van der Waals surface area contributed by atoms with Gasteiger partial charge in [-0.05, 0) is 32.6 Å². The summed E-state index contributed by atoms with van der Waals surface area (Å²) in [4.78, 5) is 11.8. The maximum absolute atomic E-state index is 11.8. The average Bonchev–Trinajstić information content (AvgIpc) is 2.28. The minimum absolute atomic E-state index is 0.0708. The zero-order valence-electron chi connectivity index (χ0n) is 10.8. The van der Waals surface area contributed by atoms with Crippen LogP contribution < -0.4 is 11.1 Å². The highest BCUT2D eigenvalue weighted by Crippen LogP contribution is 2.26. The summed E-state index contributed by atoms with van der Waals surface area (Å²) in [6.07, 6.45) is 6.50. The lowest BCUT2D eigenvalue weighted by Gasteiger charge is -2.29. The highest BCUT2D eigenvalue weighted by atomic mass is 16.1. The van der Waals surface area contributed by atoms with Gasteiger partial charge in [-0.25, -0.2) is 0 Å². The van der Waals surface area contributed by atoms with E-state index in [0.717, 1.165) is 0 Å². The van der Waals surface area contributed by atoms with Crippen molar-refractivity contribution in [3.05, 3.63) is 0 Å². The van der Waals surface area contributed by atoms with E-state index in [4.69, 9.17) is 5.73 Å².